The lowest BCUT2D eigenvalue weighted by Gasteiger charge is -2.18. The van der Waals surface area contributed by atoms with Crippen LogP contribution in [0.4, 0.5) is 4.79 Å². The number of hydrogen-bond donors (Lipinski definition) is 2. The summed E-state index contributed by atoms with van der Waals surface area (Å²) in [6.45, 7) is 2.11. The Labute approximate surface area is 71.4 Å². The number of carbonyl (C=O) groups excluding carboxylic acids is 1. The molecule has 0 fully saturated rings. The van der Waals surface area contributed by atoms with Gasteiger partial charge >= 0.3 is 12.0 Å². The lowest BCUT2D eigenvalue weighted by atomic mass is 10.4. The molecule has 0 aliphatic carbocycles. The van der Waals surface area contributed by atoms with E-state index in [4.69, 9.17) is 5.11 Å². The zero-order chi connectivity index (χ0) is 9.56. The van der Waals surface area contributed by atoms with Crippen LogP contribution >= 0.6 is 0 Å². The fourth-order valence-electron chi connectivity index (χ4n) is 0.844. The molecule has 0 heterocycles. The molecule has 0 aliphatic rings. The van der Waals surface area contributed by atoms with E-state index in [2.05, 4.69) is 5.32 Å². The molecule has 5 nitrogen and oxygen atoms in total. The van der Waals surface area contributed by atoms with Crippen molar-refractivity contribution in [3.05, 3.63) is 0 Å². The second-order valence-electron chi connectivity index (χ2n) is 2.37. The summed E-state index contributed by atoms with van der Waals surface area (Å²) < 4.78 is 0. The highest BCUT2D eigenvalue weighted by Crippen LogP contribution is 1.91. The van der Waals surface area contributed by atoms with Gasteiger partial charge in [-0.2, -0.15) is 0 Å². The average molecular weight is 174 g/mol. The molecule has 0 rings (SSSR count). The summed E-state index contributed by atoms with van der Waals surface area (Å²) in [6, 6.07) is -0.348. The molecule has 70 valence electrons. The van der Waals surface area contributed by atoms with Crippen molar-refractivity contribution < 1.29 is 14.7 Å². The number of amides is 2. The van der Waals surface area contributed by atoms with Gasteiger partial charge in [-0.15, -0.1) is 0 Å². The van der Waals surface area contributed by atoms with Crippen LogP contribution in [0.15, 0.2) is 0 Å². The third-order valence-electron chi connectivity index (χ3n) is 1.32. The number of aliphatic carboxylic acids is 1. The Morgan fingerprint density at radius 1 is 1.50 bits per heavy atom. The molecule has 0 saturated carbocycles. The van der Waals surface area contributed by atoms with E-state index in [0.717, 1.165) is 6.42 Å². The number of carboxylic acid groups (broad SMARTS) is 1. The SMILES string of the molecule is CCCN(CC(=O)O)C(=O)NC. The smallest absolute Gasteiger partial charge is 0.323 e. The Morgan fingerprint density at radius 3 is 2.42 bits per heavy atom. The van der Waals surface area contributed by atoms with Crippen molar-refractivity contribution in [2.24, 2.45) is 0 Å². The summed E-state index contributed by atoms with van der Waals surface area (Å²) in [7, 11) is 1.48. The molecule has 0 saturated heterocycles. The quantitative estimate of drug-likeness (QED) is 0.636. The summed E-state index contributed by atoms with van der Waals surface area (Å²) in [5.41, 5.74) is 0. The number of nitrogens with zero attached hydrogens (tertiary/aromatic N) is 1. The van der Waals surface area contributed by atoms with Crippen molar-refractivity contribution in [1.29, 1.82) is 0 Å². The molecule has 0 aromatic rings. The Bertz CT molecular complexity index is 170. The summed E-state index contributed by atoms with van der Waals surface area (Å²) in [5.74, 6) is -0.993. The summed E-state index contributed by atoms with van der Waals surface area (Å²) in [4.78, 5) is 22.5. The van der Waals surface area contributed by atoms with Gasteiger partial charge in [0.1, 0.15) is 6.54 Å². The number of nitrogens with one attached hydrogen (secondary N) is 1. The van der Waals surface area contributed by atoms with Crippen molar-refractivity contribution in [3.8, 4) is 0 Å². The number of hydrogen-bond acceptors (Lipinski definition) is 2. The van der Waals surface area contributed by atoms with Crippen LogP contribution in [-0.2, 0) is 4.79 Å². The van der Waals surface area contributed by atoms with Gasteiger partial charge in [-0.3, -0.25) is 4.79 Å². The highest BCUT2D eigenvalue weighted by molar-refractivity contribution is 5.79. The second-order valence-corrected chi connectivity index (χ2v) is 2.37. The predicted molar refractivity (Wildman–Crippen MR) is 44.0 cm³/mol. The molecular weight excluding hydrogens is 160 g/mol. The van der Waals surface area contributed by atoms with Crippen LogP contribution in [0.1, 0.15) is 13.3 Å². The van der Waals surface area contributed by atoms with Gasteiger partial charge < -0.3 is 15.3 Å². The van der Waals surface area contributed by atoms with Crippen molar-refractivity contribution in [1.82, 2.24) is 10.2 Å². The van der Waals surface area contributed by atoms with Gasteiger partial charge in [0, 0.05) is 13.6 Å². The van der Waals surface area contributed by atoms with E-state index in [9.17, 15) is 9.59 Å². The maximum Gasteiger partial charge on any atom is 0.323 e. The number of carboxylic acids is 1. The Balaban J connectivity index is 4.02. The first-order valence-corrected chi connectivity index (χ1v) is 3.80. The van der Waals surface area contributed by atoms with E-state index in [1.807, 2.05) is 6.92 Å². The average Bonchev–Trinajstić information content (AvgIpc) is 2.01. The molecule has 0 spiro atoms. The van der Waals surface area contributed by atoms with Crippen molar-refractivity contribution in [2.75, 3.05) is 20.1 Å². The Morgan fingerprint density at radius 2 is 2.08 bits per heavy atom. The van der Waals surface area contributed by atoms with Gasteiger partial charge in [-0.1, -0.05) is 6.92 Å². The standard InChI is InChI=1S/C7H14N2O3/c1-3-4-9(5-6(10)11)7(12)8-2/h3-5H2,1-2H3,(H,8,12)(H,10,11). The summed E-state index contributed by atoms with van der Waals surface area (Å²) in [6.07, 6.45) is 0.751. The van der Waals surface area contributed by atoms with E-state index < -0.39 is 5.97 Å². The van der Waals surface area contributed by atoms with Crippen LogP contribution in [-0.4, -0.2) is 42.1 Å². The molecule has 0 atom stereocenters. The normalized spacial score (nSPS) is 9.17. The molecule has 0 bridgehead atoms. The third kappa shape index (κ3) is 3.80. The lowest BCUT2D eigenvalue weighted by Crippen LogP contribution is -2.41. The summed E-state index contributed by atoms with van der Waals surface area (Å²) in [5, 5.41) is 10.8. The zero-order valence-electron chi connectivity index (χ0n) is 7.33. The fraction of sp³-hybridized carbons (Fsp3) is 0.714. The zero-order valence-corrected chi connectivity index (χ0v) is 7.33. The van der Waals surface area contributed by atoms with Crippen molar-refractivity contribution >= 4 is 12.0 Å². The minimum Gasteiger partial charge on any atom is -0.480 e. The number of urea groups is 1. The van der Waals surface area contributed by atoms with Crippen molar-refractivity contribution in [2.45, 2.75) is 13.3 Å². The minimum absolute atomic E-state index is 0.243. The topological polar surface area (TPSA) is 69.6 Å². The third-order valence-corrected chi connectivity index (χ3v) is 1.32. The highest BCUT2D eigenvalue weighted by atomic mass is 16.4. The van der Waals surface area contributed by atoms with Gasteiger partial charge in [0.05, 0.1) is 0 Å². The molecule has 2 amide bonds. The lowest BCUT2D eigenvalue weighted by molar-refractivity contribution is -0.137. The van der Waals surface area contributed by atoms with E-state index in [1.54, 1.807) is 0 Å². The van der Waals surface area contributed by atoms with Gasteiger partial charge in [0.25, 0.3) is 0 Å². The van der Waals surface area contributed by atoms with Gasteiger partial charge in [-0.25, -0.2) is 4.79 Å². The van der Waals surface area contributed by atoms with Crippen molar-refractivity contribution in [3.63, 3.8) is 0 Å². The second kappa shape index (κ2) is 5.40. The van der Waals surface area contributed by atoms with E-state index in [-0.39, 0.29) is 12.6 Å². The maximum absolute atomic E-state index is 11.0. The maximum atomic E-state index is 11.0. The van der Waals surface area contributed by atoms with E-state index in [0.29, 0.717) is 6.54 Å². The first-order valence-electron chi connectivity index (χ1n) is 3.80. The first-order chi connectivity index (χ1) is 5.61. The molecule has 0 radical (unpaired) electrons. The summed E-state index contributed by atoms with van der Waals surface area (Å²) >= 11 is 0. The van der Waals surface area contributed by atoms with Gasteiger partial charge in [0.2, 0.25) is 0 Å². The first kappa shape index (κ1) is 10.7. The van der Waals surface area contributed by atoms with E-state index >= 15 is 0 Å². The van der Waals surface area contributed by atoms with Crippen LogP contribution in [0.5, 0.6) is 0 Å². The predicted octanol–water partition coefficient (Wildman–Crippen LogP) is 0.122. The Kier molecular flexibility index (Phi) is 4.83. The molecular formula is C7H14N2O3. The van der Waals surface area contributed by atoms with Crippen LogP contribution in [0.25, 0.3) is 0 Å². The van der Waals surface area contributed by atoms with E-state index in [1.165, 1.54) is 11.9 Å². The molecule has 2 N–H and O–H groups in total. The molecule has 5 heteroatoms. The largest absolute Gasteiger partial charge is 0.480 e. The van der Waals surface area contributed by atoms with Gasteiger partial charge in [-0.05, 0) is 6.42 Å². The van der Waals surface area contributed by atoms with Crippen LogP contribution in [0.3, 0.4) is 0 Å². The Hall–Kier alpha value is -1.26. The molecule has 0 aliphatic heterocycles. The molecule has 0 aromatic carbocycles. The fourth-order valence-corrected chi connectivity index (χ4v) is 0.844. The van der Waals surface area contributed by atoms with Crippen LogP contribution < -0.4 is 5.32 Å². The van der Waals surface area contributed by atoms with Crippen LogP contribution in [0, 0.1) is 0 Å². The van der Waals surface area contributed by atoms with Crippen LogP contribution in [0.2, 0.25) is 0 Å². The molecule has 12 heavy (non-hydrogen) atoms. The molecule has 0 unspecified atom stereocenters. The van der Waals surface area contributed by atoms with Gasteiger partial charge in [0.15, 0.2) is 0 Å². The monoisotopic (exact) mass is 174 g/mol. The number of rotatable bonds is 4. The molecule has 0 aromatic heterocycles. The number of carbonyl (C=O) groups is 2. The minimum atomic E-state index is -0.993. The highest BCUT2D eigenvalue weighted by Gasteiger charge is 2.13.